The minimum Gasteiger partial charge on any atom is -0.496 e. The van der Waals surface area contributed by atoms with Gasteiger partial charge in [0.25, 0.3) is 5.91 Å². The third kappa shape index (κ3) is 3.32. The number of hydrogen-bond donors (Lipinski definition) is 2. The van der Waals surface area contributed by atoms with E-state index < -0.39 is 0 Å². The molecular formula is C16H13ClN4O2. The molecule has 2 N–H and O–H groups in total. The van der Waals surface area contributed by atoms with Gasteiger partial charge in [-0.05, 0) is 30.3 Å². The fourth-order valence-corrected chi connectivity index (χ4v) is 2.28. The Hall–Kier alpha value is -2.86. The predicted octanol–water partition coefficient (Wildman–Crippen LogP) is 3.39. The third-order valence-corrected chi connectivity index (χ3v) is 3.45. The first-order chi connectivity index (χ1) is 11.2. The number of aromatic amines is 1. The molecule has 1 amide bonds. The molecular weight excluding hydrogens is 316 g/mol. The first-order valence-corrected chi connectivity index (χ1v) is 7.16. The van der Waals surface area contributed by atoms with E-state index in [4.69, 9.17) is 16.3 Å². The van der Waals surface area contributed by atoms with Gasteiger partial charge in [-0.1, -0.05) is 11.6 Å². The maximum absolute atomic E-state index is 12.1. The lowest BCUT2D eigenvalue weighted by Gasteiger charge is -2.06. The Labute approximate surface area is 137 Å². The van der Waals surface area contributed by atoms with Crippen LogP contribution in [0.2, 0.25) is 5.02 Å². The number of H-pyrrole nitrogens is 1. The van der Waals surface area contributed by atoms with Gasteiger partial charge in [0.15, 0.2) is 5.82 Å². The molecule has 0 saturated carbocycles. The number of ether oxygens (including phenoxy) is 1. The zero-order valence-corrected chi connectivity index (χ0v) is 13.0. The van der Waals surface area contributed by atoms with Crippen LogP contribution in [0.3, 0.4) is 0 Å². The largest absolute Gasteiger partial charge is 0.496 e. The van der Waals surface area contributed by atoms with Crippen molar-refractivity contribution in [3.05, 3.63) is 59.4 Å². The lowest BCUT2D eigenvalue weighted by atomic mass is 10.1. The lowest BCUT2D eigenvalue weighted by molar-refractivity contribution is 0.102. The summed E-state index contributed by atoms with van der Waals surface area (Å²) in [6, 6.07) is 10.3. The van der Waals surface area contributed by atoms with Gasteiger partial charge >= 0.3 is 0 Å². The predicted molar refractivity (Wildman–Crippen MR) is 87.8 cm³/mol. The fraction of sp³-hybridized carbons (Fsp3) is 0.0625. The number of halogens is 1. The molecule has 0 bridgehead atoms. The van der Waals surface area contributed by atoms with Gasteiger partial charge in [-0.25, -0.2) is 0 Å². The molecule has 7 heteroatoms. The van der Waals surface area contributed by atoms with Crippen molar-refractivity contribution in [2.75, 3.05) is 12.4 Å². The van der Waals surface area contributed by atoms with Crippen LogP contribution in [0.15, 0.2) is 48.8 Å². The number of nitrogens with one attached hydrogen (secondary N) is 2. The number of aromatic nitrogens is 3. The van der Waals surface area contributed by atoms with E-state index in [-0.39, 0.29) is 5.91 Å². The summed E-state index contributed by atoms with van der Waals surface area (Å²) < 4.78 is 5.31. The van der Waals surface area contributed by atoms with Gasteiger partial charge in [-0.3, -0.25) is 14.9 Å². The molecule has 23 heavy (non-hydrogen) atoms. The van der Waals surface area contributed by atoms with Crippen LogP contribution >= 0.6 is 11.6 Å². The Bertz CT molecular complexity index is 833. The number of hydrogen-bond acceptors (Lipinski definition) is 4. The Kier molecular flexibility index (Phi) is 4.25. The standard InChI is InChI=1S/C16H13ClN4O2/c1-23-14-3-2-11(17)8-12(14)13-9-15(21-20-13)19-16(22)10-4-6-18-7-5-10/h2-9H,1H3,(H2,19,20,21,22). The van der Waals surface area contributed by atoms with Gasteiger partial charge in [0.2, 0.25) is 0 Å². The monoisotopic (exact) mass is 328 g/mol. The van der Waals surface area contributed by atoms with Crippen LogP contribution in [-0.2, 0) is 0 Å². The normalized spacial score (nSPS) is 10.3. The molecule has 0 aliphatic rings. The van der Waals surface area contributed by atoms with Crippen molar-refractivity contribution >= 4 is 23.3 Å². The van der Waals surface area contributed by atoms with Gasteiger partial charge in [-0.2, -0.15) is 5.10 Å². The van der Waals surface area contributed by atoms with Crippen LogP contribution in [0.5, 0.6) is 5.75 Å². The van der Waals surface area contributed by atoms with Crippen LogP contribution < -0.4 is 10.1 Å². The summed E-state index contributed by atoms with van der Waals surface area (Å²) in [5.74, 6) is 0.803. The van der Waals surface area contributed by atoms with Crippen LogP contribution in [-0.4, -0.2) is 28.2 Å². The highest BCUT2D eigenvalue weighted by Crippen LogP contribution is 2.32. The second-order valence-corrected chi connectivity index (χ2v) is 5.14. The maximum Gasteiger partial charge on any atom is 0.256 e. The number of nitrogens with zero attached hydrogens (tertiary/aromatic N) is 2. The Morgan fingerprint density at radius 1 is 1.22 bits per heavy atom. The zero-order valence-electron chi connectivity index (χ0n) is 12.2. The smallest absolute Gasteiger partial charge is 0.256 e. The summed E-state index contributed by atoms with van der Waals surface area (Å²) in [6.07, 6.45) is 3.11. The number of carbonyl (C=O) groups excluding carboxylic acids is 1. The van der Waals surface area contributed by atoms with E-state index in [0.29, 0.717) is 27.8 Å². The van der Waals surface area contributed by atoms with E-state index in [1.165, 1.54) is 0 Å². The van der Waals surface area contributed by atoms with E-state index in [2.05, 4.69) is 20.5 Å². The average molecular weight is 329 g/mol. The molecule has 0 aliphatic heterocycles. The highest BCUT2D eigenvalue weighted by molar-refractivity contribution is 6.31. The van der Waals surface area contributed by atoms with E-state index in [1.54, 1.807) is 55.9 Å². The summed E-state index contributed by atoms with van der Waals surface area (Å²) in [5, 5.41) is 10.3. The van der Waals surface area contributed by atoms with Crippen molar-refractivity contribution in [1.29, 1.82) is 0 Å². The van der Waals surface area contributed by atoms with Gasteiger partial charge in [0.05, 0.1) is 12.8 Å². The van der Waals surface area contributed by atoms with E-state index in [0.717, 1.165) is 5.56 Å². The van der Waals surface area contributed by atoms with E-state index >= 15 is 0 Å². The summed E-state index contributed by atoms with van der Waals surface area (Å²) >= 11 is 6.03. The van der Waals surface area contributed by atoms with Crippen LogP contribution in [0, 0.1) is 0 Å². The number of benzene rings is 1. The molecule has 0 aliphatic carbocycles. The summed E-state index contributed by atoms with van der Waals surface area (Å²) in [4.78, 5) is 16.0. The second kappa shape index (κ2) is 6.50. The Morgan fingerprint density at radius 2 is 2.00 bits per heavy atom. The van der Waals surface area contributed by atoms with Crippen molar-refractivity contribution in [3.63, 3.8) is 0 Å². The number of methoxy groups -OCH3 is 1. The Balaban J connectivity index is 1.84. The summed E-state index contributed by atoms with van der Waals surface area (Å²) in [7, 11) is 1.58. The molecule has 0 spiro atoms. The maximum atomic E-state index is 12.1. The topological polar surface area (TPSA) is 79.9 Å². The van der Waals surface area contributed by atoms with Crippen molar-refractivity contribution < 1.29 is 9.53 Å². The van der Waals surface area contributed by atoms with Gasteiger partial charge < -0.3 is 10.1 Å². The van der Waals surface area contributed by atoms with Gasteiger partial charge in [-0.15, -0.1) is 0 Å². The molecule has 2 aromatic heterocycles. The number of carbonyl (C=O) groups is 1. The number of amides is 1. The van der Waals surface area contributed by atoms with Crippen molar-refractivity contribution in [2.24, 2.45) is 0 Å². The molecule has 3 aromatic rings. The molecule has 0 fully saturated rings. The number of pyridine rings is 1. The van der Waals surface area contributed by atoms with E-state index in [1.807, 2.05) is 0 Å². The van der Waals surface area contributed by atoms with E-state index in [9.17, 15) is 4.79 Å². The quantitative estimate of drug-likeness (QED) is 0.769. The second-order valence-electron chi connectivity index (χ2n) is 4.70. The SMILES string of the molecule is COc1ccc(Cl)cc1-c1cc(NC(=O)c2ccncc2)n[nH]1. The summed E-state index contributed by atoms with van der Waals surface area (Å²) in [5.41, 5.74) is 1.95. The third-order valence-electron chi connectivity index (χ3n) is 3.21. The molecule has 3 rings (SSSR count). The summed E-state index contributed by atoms with van der Waals surface area (Å²) in [6.45, 7) is 0. The number of anilines is 1. The first-order valence-electron chi connectivity index (χ1n) is 6.78. The molecule has 1 aromatic carbocycles. The van der Waals surface area contributed by atoms with Crippen LogP contribution in [0.25, 0.3) is 11.3 Å². The van der Waals surface area contributed by atoms with Crippen LogP contribution in [0.4, 0.5) is 5.82 Å². The minimum absolute atomic E-state index is 0.261. The first kappa shape index (κ1) is 15.1. The number of rotatable bonds is 4. The molecule has 116 valence electrons. The van der Waals surface area contributed by atoms with Crippen molar-refractivity contribution in [3.8, 4) is 17.0 Å². The Morgan fingerprint density at radius 3 is 2.74 bits per heavy atom. The molecule has 0 saturated heterocycles. The van der Waals surface area contributed by atoms with Gasteiger partial charge in [0, 0.05) is 34.6 Å². The minimum atomic E-state index is -0.261. The average Bonchev–Trinajstić information content (AvgIpc) is 3.04. The molecule has 6 nitrogen and oxygen atoms in total. The van der Waals surface area contributed by atoms with Gasteiger partial charge in [0.1, 0.15) is 5.75 Å². The molecule has 2 heterocycles. The molecule has 0 unspecified atom stereocenters. The van der Waals surface area contributed by atoms with Crippen LogP contribution in [0.1, 0.15) is 10.4 Å². The molecule has 0 radical (unpaired) electrons. The fourth-order valence-electron chi connectivity index (χ4n) is 2.11. The lowest BCUT2D eigenvalue weighted by Crippen LogP contribution is -2.11. The highest BCUT2D eigenvalue weighted by Gasteiger charge is 2.12. The van der Waals surface area contributed by atoms with Crippen molar-refractivity contribution in [1.82, 2.24) is 15.2 Å². The zero-order chi connectivity index (χ0) is 16.2. The highest BCUT2D eigenvalue weighted by atomic mass is 35.5. The molecule has 0 atom stereocenters. The van der Waals surface area contributed by atoms with Crippen molar-refractivity contribution in [2.45, 2.75) is 0 Å².